The van der Waals surface area contributed by atoms with Gasteiger partial charge in [-0.05, 0) is 26.7 Å². The van der Waals surface area contributed by atoms with Gasteiger partial charge in [0.25, 0.3) is 0 Å². The number of aromatic nitrogens is 2. The first-order valence-electron chi connectivity index (χ1n) is 6.25. The van der Waals surface area contributed by atoms with E-state index in [-0.39, 0.29) is 5.41 Å². The lowest BCUT2D eigenvalue weighted by Gasteiger charge is -2.26. The number of aryl methyl sites for hydroxylation is 2. The van der Waals surface area contributed by atoms with E-state index >= 15 is 0 Å². The second kappa shape index (κ2) is 5.21. The highest BCUT2D eigenvalue weighted by molar-refractivity contribution is 6.18. The molecular weight excluding hydrogens is 234 g/mol. The number of halogens is 1. The molecule has 0 bridgehead atoms. The van der Waals surface area contributed by atoms with Crippen LogP contribution in [0, 0.1) is 19.3 Å². The van der Waals surface area contributed by atoms with Crippen molar-refractivity contribution in [3.63, 3.8) is 0 Å². The minimum Gasteiger partial charge on any atom is -0.368 e. The van der Waals surface area contributed by atoms with Crippen LogP contribution in [0.2, 0.25) is 0 Å². The van der Waals surface area contributed by atoms with Crippen molar-refractivity contribution in [1.82, 2.24) is 9.97 Å². The summed E-state index contributed by atoms with van der Waals surface area (Å²) in [6.45, 7) is 4.87. The van der Waals surface area contributed by atoms with Crippen LogP contribution < -0.4 is 5.32 Å². The Morgan fingerprint density at radius 2 is 2.00 bits per heavy atom. The molecular formula is C13H20ClN3. The van der Waals surface area contributed by atoms with Gasteiger partial charge >= 0.3 is 0 Å². The van der Waals surface area contributed by atoms with Gasteiger partial charge in [-0.15, -0.1) is 11.6 Å². The SMILES string of the molecule is Cc1ncc(NCC2(CCl)CCCC2)nc1C. The van der Waals surface area contributed by atoms with Crippen molar-refractivity contribution in [2.75, 3.05) is 17.7 Å². The molecule has 1 aliphatic rings. The molecule has 94 valence electrons. The van der Waals surface area contributed by atoms with Gasteiger partial charge in [-0.3, -0.25) is 4.98 Å². The van der Waals surface area contributed by atoms with Crippen molar-refractivity contribution in [1.29, 1.82) is 0 Å². The molecule has 1 aromatic rings. The predicted octanol–water partition coefficient (Wildman–Crippen LogP) is 3.30. The van der Waals surface area contributed by atoms with Gasteiger partial charge in [0, 0.05) is 17.8 Å². The molecule has 2 rings (SSSR count). The quantitative estimate of drug-likeness (QED) is 0.837. The third kappa shape index (κ3) is 2.89. The van der Waals surface area contributed by atoms with Gasteiger partial charge in [-0.25, -0.2) is 4.98 Å². The van der Waals surface area contributed by atoms with Crippen LogP contribution in [-0.4, -0.2) is 22.4 Å². The summed E-state index contributed by atoms with van der Waals surface area (Å²) in [5.41, 5.74) is 2.24. The van der Waals surface area contributed by atoms with Gasteiger partial charge in [0.05, 0.1) is 17.6 Å². The summed E-state index contributed by atoms with van der Waals surface area (Å²) in [6, 6.07) is 0. The largest absolute Gasteiger partial charge is 0.368 e. The van der Waals surface area contributed by atoms with Gasteiger partial charge < -0.3 is 5.32 Å². The Labute approximate surface area is 108 Å². The molecule has 0 atom stereocenters. The lowest BCUT2D eigenvalue weighted by Crippen LogP contribution is -2.28. The monoisotopic (exact) mass is 253 g/mol. The average Bonchev–Trinajstić information content (AvgIpc) is 2.80. The molecule has 1 aliphatic carbocycles. The maximum atomic E-state index is 6.11. The number of hydrogen-bond donors (Lipinski definition) is 1. The van der Waals surface area contributed by atoms with Crippen LogP contribution in [0.25, 0.3) is 0 Å². The lowest BCUT2D eigenvalue weighted by atomic mass is 9.88. The fourth-order valence-electron chi connectivity index (χ4n) is 2.39. The summed E-state index contributed by atoms with van der Waals surface area (Å²) < 4.78 is 0. The fourth-order valence-corrected chi connectivity index (χ4v) is 2.75. The molecule has 1 heterocycles. The van der Waals surface area contributed by atoms with Crippen molar-refractivity contribution >= 4 is 17.4 Å². The normalized spacial score (nSPS) is 18.3. The van der Waals surface area contributed by atoms with Gasteiger partial charge in [-0.1, -0.05) is 12.8 Å². The van der Waals surface area contributed by atoms with Crippen LogP contribution in [0.4, 0.5) is 5.82 Å². The van der Waals surface area contributed by atoms with Crippen LogP contribution in [0.5, 0.6) is 0 Å². The van der Waals surface area contributed by atoms with E-state index in [0.717, 1.165) is 29.6 Å². The van der Waals surface area contributed by atoms with Crippen LogP contribution >= 0.6 is 11.6 Å². The molecule has 1 N–H and O–H groups in total. The highest BCUT2D eigenvalue weighted by Crippen LogP contribution is 2.39. The van der Waals surface area contributed by atoms with Crippen molar-refractivity contribution in [2.45, 2.75) is 39.5 Å². The molecule has 0 aromatic carbocycles. The first-order valence-corrected chi connectivity index (χ1v) is 6.79. The molecule has 0 amide bonds. The second-order valence-electron chi connectivity index (χ2n) is 5.12. The Balaban J connectivity index is 1.99. The van der Waals surface area contributed by atoms with Gasteiger partial charge in [0.15, 0.2) is 0 Å². The Kier molecular flexibility index (Phi) is 3.87. The molecule has 3 nitrogen and oxygen atoms in total. The number of anilines is 1. The number of nitrogens with one attached hydrogen (secondary N) is 1. The molecule has 17 heavy (non-hydrogen) atoms. The summed E-state index contributed by atoms with van der Waals surface area (Å²) in [5, 5.41) is 3.39. The fraction of sp³-hybridized carbons (Fsp3) is 0.692. The topological polar surface area (TPSA) is 37.8 Å². The lowest BCUT2D eigenvalue weighted by molar-refractivity contribution is 0.368. The van der Waals surface area contributed by atoms with E-state index < -0.39 is 0 Å². The predicted molar refractivity (Wildman–Crippen MR) is 71.6 cm³/mol. The van der Waals surface area contributed by atoms with E-state index in [4.69, 9.17) is 11.6 Å². The number of alkyl halides is 1. The molecule has 4 heteroatoms. The smallest absolute Gasteiger partial charge is 0.144 e. The van der Waals surface area contributed by atoms with Crippen LogP contribution in [0.1, 0.15) is 37.1 Å². The Bertz CT molecular complexity index is 386. The highest BCUT2D eigenvalue weighted by atomic mass is 35.5. The van der Waals surface area contributed by atoms with Gasteiger partial charge in [0.1, 0.15) is 5.82 Å². The van der Waals surface area contributed by atoms with Crippen LogP contribution in [0.3, 0.4) is 0 Å². The number of hydrogen-bond acceptors (Lipinski definition) is 3. The summed E-state index contributed by atoms with van der Waals surface area (Å²) in [6.07, 6.45) is 6.85. The molecule has 0 unspecified atom stereocenters. The molecule has 1 aromatic heterocycles. The second-order valence-corrected chi connectivity index (χ2v) is 5.39. The summed E-state index contributed by atoms with van der Waals surface area (Å²) in [7, 11) is 0. The first-order chi connectivity index (χ1) is 8.15. The van der Waals surface area contributed by atoms with E-state index in [2.05, 4.69) is 15.3 Å². The maximum Gasteiger partial charge on any atom is 0.144 e. The maximum absolute atomic E-state index is 6.11. The zero-order chi connectivity index (χ0) is 12.3. The molecule has 0 saturated heterocycles. The van der Waals surface area contributed by atoms with Crippen molar-refractivity contribution < 1.29 is 0 Å². The zero-order valence-electron chi connectivity index (χ0n) is 10.6. The third-order valence-corrected chi connectivity index (χ3v) is 4.35. The Morgan fingerprint density at radius 1 is 1.29 bits per heavy atom. The van der Waals surface area contributed by atoms with Crippen molar-refractivity contribution in [3.05, 3.63) is 17.6 Å². The zero-order valence-corrected chi connectivity index (χ0v) is 11.3. The van der Waals surface area contributed by atoms with E-state index in [9.17, 15) is 0 Å². The van der Waals surface area contributed by atoms with E-state index in [1.165, 1.54) is 25.7 Å². The van der Waals surface area contributed by atoms with Gasteiger partial charge in [-0.2, -0.15) is 0 Å². The summed E-state index contributed by atoms with van der Waals surface area (Å²) in [5.74, 6) is 1.60. The molecule has 1 fully saturated rings. The highest BCUT2D eigenvalue weighted by Gasteiger charge is 2.32. The van der Waals surface area contributed by atoms with Gasteiger partial charge in [0.2, 0.25) is 0 Å². The Hall–Kier alpha value is -0.830. The van der Waals surface area contributed by atoms with E-state index in [0.29, 0.717) is 0 Å². The summed E-state index contributed by atoms with van der Waals surface area (Å²) in [4.78, 5) is 8.80. The first kappa shape index (κ1) is 12.6. The summed E-state index contributed by atoms with van der Waals surface area (Å²) >= 11 is 6.11. The average molecular weight is 254 g/mol. The van der Waals surface area contributed by atoms with Crippen molar-refractivity contribution in [2.24, 2.45) is 5.41 Å². The van der Waals surface area contributed by atoms with Crippen LogP contribution in [0.15, 0.2) is 6.20 Å². The minimum absolute atomic E-state index is 0.266. The molecule has 0 aliphatic heterocycles. The molecule has 0 radical (unpaired) electrons. The minimum atomic E-state index is 0.266. The standard InChI is InChI=1S/C13H20ClN3/c1-10-11(2)17-12(7-15-10)16-9-13(8-14)5-3-4-6-13/h7H,3-6,8-9H2,1-2H3,(H,16,17). The van der Waals surface area contributed by atoms with Crippen molar-refractivity contribution in [3.8, 4) is 0 Å². The number of rotatable bonds is 4. The Morgan fingerprint density at radius 3 is 2.59 bits per heavy atom. The van der Waals surface area contributed by atoms with E-state index in [1.54, 1.807) is 6.20 Å². The molecule has 1 saturated carbocycles. The van der Waals surface area contributed by atoms with Crippen LogP contribution in [-0.2, 0) is 0 Å². The number of nitrogens with zero attached hydrogens (tertiary/aromatic N) is 2. The van der Waals surface area contributed by atoms with E-state index in [1.807, 2.05) is 13.8 Å². The molecule has 0 spiro atoms. The third-order valence-electron chi connectivity index (χ3n) is 3.78.